The van der Waals surface area contributed by atoms with Crippen LogP contribution in [-0.2, 0) is 4.79 Å². The van der Waals surface area contributed by atoms with Gasteiger partial charge in [0, 0.05) is 5.56 Å². The van der Waals surface area contributed by atoms with E-state index in [1.807, 2.05) is 32.1 Å². The summed E-state index contributed by atoms with van der Waals surface area (Å²) in [5.74, 6) is 0.128. The molecule has 0 aliphatic carbocycles. The lowest BCUT2D eigenvalue weighted by molar-refractivity contribution is -0.152. The van der Waals surface area contributed by atoms with E-state index < -0.39 is 11.6 Å². The number of ketones is 1. The summed E-state index contributed by atoms with van der Waals surface area (Å²) in [4.78, 5) is 24.0. The van der Waals surface area contributed by atoms with Crippen LogP contribution in [0.5, 0.6) is 11.5 Å². The van der Waals surface area contributed by atoms with Crippen molar-refractivity contribution in [1.82, 2.24) is 0 Å². The van der Waals surface area contributed by atoms with Crippen LogP contribution in [0.1, 0.15) is 47.8 Å². The summed E-state index contributed by atoms with van der Waals surface area (Å²) in [6.07, 6.45) is 1.81. The summed E-state index contributed by atoms with van der Waals surface area (Å²) in [6, 6.07) is 10.8. The van der Waals surface area contributed by atoms with Crippen molar-refractivity contribution in [3.05, 3.63) is 64.2 Å². The molecule has 0 bridgehead atoms. The lowest BCUT2D eigenvalue weighted by Gasteiger charge is -2.22. The SMILES string of the molecule is COc1ccc(C(=O)/C(C)=C/c2ccc(OC(C)(C)C(=O)O)c(C)c2)c(C)c1. The van der Waals surface area contributed by atoms with E-state index in [9.17, 15) is 14.7 Å². The summed E-state index contributed by atoms with van der Waals surface area (Å²) < 4.78 is 10.8. The van der Waals surface area contributed by atoms with Gasteiger partial charge in [0.2, 0.25) is 0 Å². The number of carbonyl (C=O) groups is 2. The molecule has 0 amide bonds. The van der Waals surface area contributed by atoms with Gasteiger partial charge in [-0.2, -0.15) is 0 Å². The highest BCUT2D eigenvalue weighted by Crippen LogP contribution is 2.26. The highest BCUT2D eigenvalue weighted by atomic mass is 16.5. The number of allylic oxidation sites excluding steroid dienone is 1. The second kappa shape index (κ2) is 8.30. The van der Waals surface area contributed by atoms with Crippen molar-refractivity contribution in [3.63, 3.8) is 0 Å². The Kier molecular flexibility index (Phi) is 6.29. The third-order valence-electron chi connectivity index (χ3n) is 4.50. The van der Waals surface area contributed by atoms with E-state index >= 15 is 0 Å². The van der Waals surface area contributed by atoms with Gasteiger partial charge in [-0.15, -0.1) is 0 Å². The molecule has 5 nitrogen and oxygen atoms in total. The smallest absolute Gasteiger partial charge is 0.347 e. The molecule has 0 aliphatic rings. The molecule has 5 heteroatoms. The Balaban J connectivity index is 2.26. The van der Waals surface area contributed by atoms with Crippen molar-refractivity contribution in [2.24, 2.45) is 0 Å². The van der Waals surface area contributed by atoms with E-state index in [-0.39, 0.29) is 5.78 Å². The molecule has 0 unspecified atom stereocenters. The quantitative estimate of drug-likeness (QED) is 0.548. The van der Waals surface area contributed by atoms with Crippen LogP contribution >= 0.6 is 0 Å². The van der Waals surface area contributed by atoms with E-state index in [1.165, 1.54) is 13.8 Å². The second-order valence-corrected chi connectivity index (χ2v) is 7.28. The van der Waals surface area contributed by atoms with E-state index in [0.717, 1.165) is 16.7 Å². The number of methoxy groups -OCH3 is 1. The molecule has 0 saturated heterocycles. The van der Waals surface area contributed by atoms with E-state index in [4.69, 9.17) is 9.47 Å². The van der Waals surface area contributed by atoms with Gasteiger partial charge in [-0.05, 0) is 93.3 Å². The van der Waals surface area contributed by atoms with Gasteiger partial charge >= 0.3 is 5.97 Å². The van der Waals surface area contributed by atoms with Gasteiger partial charge in [0.1, 0.15) is 11.5 Å². The minimum absolute atomic E-state index is 0.0508. The van der Waals surface area contributed by atoms with Crippen LogP contribution in [0.2, 0.25) is 0 Å². The van der Waals surface area contributed by atoms with Crippen molar-refractivity contribution in [1.29, 1.82) is 0 Å². The second-order valence-electron chi connectivity index (χ2n) is 7.28. The van der Waals surface area contributed by atoms with Crippen LogP contribution in [0.15, 0.2) is 42.0 Å². The first-order valence-corrected chi connectivity index (χ1v) is 8.96. The lowest BCUT2D eigenvalue weighted by atomic mass is 9.98. The third-order valence-corrected chi connectivity index (χ3v) is 4.50. The fraction of sp³-hybridized carbons (Fsp3) is 0.304. The number of Topliss-reactive ketones (excluding diaryl/α,β-unsaturated/α-hetero) is 1. The van der Waals surface area contributed by atoms with Crippen LogP contribution in [0.25, 0.3) is 6.08 Å². The fourth-order valence-electron chi connectivity index (χ4n) is 2.74. The molecule has 0 spiro atoms. The molecule has 28 heavy (non-hydrogen) atoms. The number of ether oxygens (including phenoxy) is 2. The summed E-state index contributed by atoms with van der Waals surface area (Å²) in [5, 5.41) is 9.21. The summed E-state index contributed by atoms with van der Waals surface area (Å²) >= 11 is 0. The van der Waals surface area contributed by atoms with E-state index in [1.54, 1.807) is 38.3 Å². The molecule has 0 atom stereocenters. The first kappa shape index (κ1) is 21.2. The van der Waals surface area contributed by atoms with Crippen molar-refractivity contribution >= 4 is 17.8 Å². The largest absolute Gasteiger partial charge is 0.497 e. The molecule has 2 aromatic rings. The fourth-order valence-corrected chi connectivity index (χ4v) is 2.74. The minimum atomic E-state index is -1.32. The maximum Gasteiger partial charge on any atom is 0.347 e. The average Bonchev–Trinajstić information content (AvgIpc) is 2.63. The zero-order valence-corrected chi connectivity index (χ0v) is 17.1. The molecule has 0 saturated carbocycles. The highest BCUT2D eigenvalue weighted by molar-refractivity contribution is 6.11. The molecule has 0 heterocycles. The molecule has 0 fully saturated rings. The first-order valence-electron chi connectivity index (χ1n) is 8.96. The van der Waals surface area contributed by atoms with Gasteiger partial charge in [0.15, 0.2) is 11.4 Å². The number of hydrogen-bond acceptors (Lipinski definition) is 4. The molecular formula is C23H26O5. The van der Waals surface area contributed by atoms with Gasteiger partial charge < -0.3 is 14.6 Å². The number of carboxylic acids is 1. The third kappa shape index (κ3) is 4.80. The van der Waals surface area contributed by atoms with Crippen LogP contribution < -0.4 is 9.47 Å². The van der Waals surface area contributed by atoms with Crippen LogP contribution in [0.3, 0.4) is 0 Å². The molecular weight excluding hydrogens is 356 g/mol. The molecule has 0 aromatic heterocycles. The molecule has 0 aliphatic heterocycles. The average molecular weight is 382 g/mol. The zero-order valence-electron chi connectivity index (χ0n) is 17.1. The Bertz CT molecular complexity index is 938. The normalized spacial score (nSPS) is 11.9. The first-order chi connectivity index (χ1) is 13.0. The zero-order chi connectivity index (χ0) is 21.1. The van der Waals surface area contributed by atoms with Crippen LogP contribution in [0.4, 0.5) is 0 Å². The Morgan fingerprint density at radius 3 is 2.25 bits per heavy atom. The highest BCUT2D eigenvalue weighted by Gasteiger charge is 2.29. The Labute approximate surface area is 165 Å². The van der Waals surface area contributed by atoms with Gasteiger partial charge in [-0.3, -0.25) is 4.79 Å². The molecule has 2 aromatic carbocycles. The monoisotopic (exact) mass is 382 g/mol. The van der Waals surface area contributed by atoms with Gasteiger partial charge in [-0.1, -0.05) is 6.07 Å². The number of rotatable bonds is 7. The Morgan fingerprint density at radius 2 is 1.71 bits per heavy atom. The molecule has 148 valence electrons. The predicted octanol–water partition coefficient (Wildman–Crippen LogP) is 4.84. The minimum Gasteiger partial charge on any atom is -0.497 e. The number of hydrogen-bond donors (Lipinski definition) is 1. The Hall–Kier alpha value is -3.08. The molecule has 0 radical (unpaired) electrons. The summed E-state index contributed by atoms with van der Waals surface area (Å²) in [7, 11) is 1.59. The number of carboxylic acid groups (broad SMARTS) is 1. The van der Waals surface area contributed by atoms with Gasteiger partial charge in [-0.25, -0.2) is 4.79 Å². The van der Waals surface area contributed by atoms with Gasteiger partial charge in [0.05, 0.1) is 7.11 Å². The molecule has 2 rings (SSSR count). The summed E-state index contributed by atoms with van der Waals surface area (Å²) in [5.41, 5.74) is 2.41. The Morgan fingerprint density at radius 1 is 1.04 bits per heavy atom. The number of aliphatic carboxylic acids is 1. The number of benzene rings is 2. The van der Waals surface area contributed by atoms with Crippen molar-refractivity contribution in [2.75, 3.05) is 7.11 Å². The summed E-state index contributed by atoms with van der Waals surface area (Å²) in [6.45, 7) is 8.50. The maximum absolute atomic E-state index is 12.8. The standard InChI is InChI=1S/C23H26O5/c1-14-13-18(27-6)8-9-19(14)21(24)16(3)12-17-7-10-20(15(2)11-17)28-23(4,5)22(25)26/h7-13H,1-6H3,(H,25,26)/b16-12+. The van der Waals surface area contributed by atoms with Crippen molar-refractivity contribution < 1.29 is 24.2 Å². The molecule has 1 N–H and O–H groups in total. The van der Waals surface area contributed by atoms with Gasteiger partial charge in [0.25, 0.3) is 0 Å². The van der Waals surface area contributed by atoms with Crippen LogP contribution in [0, 0.1) is 13.8 Å². The number of carbonyl (C=O) groups excluding carboxylic acids is 1. The van der Waals surface area contributed by atoms with E-state index in [0.29, 0.717) is 22.6 Å². The number of aryl methyl sites for hydroxylation is 2. The topological polar surface area (TPSA) is 72.8 Å². The van der Waals surface area contributed by atoms with Crippen LogP contribution in [-0.4, -0.2) is 29.6 Å². The lowest BCUT2D eigenvalue weighted by Crippen LogP contribution is -2.38. The maximum atomic E-state index is 12.8. The van der Waals surface area contributed by atoms with Crippen molar-refractivity contribution in [2.45, 2.75) is 40.2 Å². The van der Waals surface area contributed by atoms with E-state index in [2.05, 4.69) is 0 Å². The predicted molar refractivity (Wildman–Crippen MR) is 109 cm³/mol. The van der Waals surface area contributed by atoms with Crippen molar-refractivity contribution in [3.8, 4) is 11.5 Å².